The Morgan fingerprint density at radius 2 is 2.03 bits per heavy atom. The van der Waals surface area contributed by atoms with E-state index < -0.39 is 0 Å². The van der Waals surface area contributed by atoms with Crippen molar-refractivity contribution in [3.05, 3.63) is 21.7 Å². The highest BCUT2D eigenvalue weighted by molar-refractivity contribution is 9.12. The number of ketones is 1. The van der Waals surface area contributed by atoms with E-state index in [0.717, 1.165) is 34.5 Å². The van der Waals surface area contributed by atoms with Gasteiger partial charge in [-0.1, -0.05) is 50.0 Å². The molecule has 2 aliphatic rings. The summed E-state index contributed by atoms with van der Waals surface area (Å²) in [6.45, 7) is 10.2. The minimum Gasteiger partial charge on any atom is -0.392 e. The van der Waals surface area contributed by atoms with Crippen LogP contribution < -0.4 is 5.32 Å². The lowest BCUT2D eigenvalue weighted by atomic mass is 9.55. The molecular weight excluding hydrogens is 430 g/mol. The maximum Gasteiger partial charge on any atom is 0.133 e. The molecule has 0 aromatic carbocycles. The van der Waals surface area contributed by atoms with Gasteiger partial charge in [0.05, 0.1) is 13.2 Å². The third kappa shape index (κ3) is 5.23. The molecule has 0 heterocycles. The summed E-state index contributed by atoms with van der Waals surface area (Å²) in [5.74, 6) is 1.56. The number of aliphatic hydroxyl groups is 1. The Bertz CT molecular complexity index is 626. The van der Waals surface area contributed by atoms with E-state index in [1.165, 1.54) is 19.3 Å². The number of hydrogen-bond acceptors (Lipinski definition) is 4. The maximum absolute atomic E-state index is 12.6. The van der Waals surface area contributed by atoms with Crippen LogP contribution >= 0.6 is 15.9 Å². The molecule has 0 spiro atoms. The molecule has 29 heavy (non-hydrogen) atoms. The Morgan fingerprint density at radius 3 is 2.52 bits per heavy atom. The quantitative estimate of drug-likeness (QED) is 0.446. The lowest BCUT2D eigenvalue weighted by Crippen LogP contribution is -2.54. The van der Waals surface area contributed by atoms with Gasteiger partial charge in [-0.3, -0.25) is 4.79 Å². The first-order valence-corrected chi connectivity index (χ1v) is 12.1. The van der Waals surface area contributed by atoms with Crippen molar-refractivity contribution >= 4 is 21.7 Å². The molecule has 0 aliphatic heterocycles. The first-order chi connectivity index (χ1) is 13.9. The van der Waals surface area contributed by atoms with Gasteiger partial charge >= 0.3 is 0 Å². The summed E-state index contributed by atoms with van der Waals surface area (Å²) in [6, 6.07) is 0.272. The highest BCUT2D eigenvalue weighted by Crippen LogP contribution is 2.54. The van der Waals surface area contributed by atoms with Gasteiger partial charge in [0, 0.05) is 35.9 Å². The number of carbonyl (C=O) groups is 1. The van der Waals surface area contributed by atoms with E-state index in [1.54, 1.807) is 7.11 Å². The van der Waals surface area contributed by atoms with E-state index in [9.17, 15) is 9.90 Å². The van der Waals surface area contributed by atoms with Crippen LogP contribution in [0.15, 0.2) is 21.7 Å². The van der Waals surface area contributed by atoms with Gasteiger partial charge in [0.2, 0.25) is 0 Å². The van der Waals surface area contributed by atoms with Crippen LogP contribution in [0, 0.1) is 23.2 Å². The molecule has 0 aromatic heterocycles. The number of allylic oxidation sites excluding steroid dienone is 1. The number of hydrogen-bond donors (Lipinski definition) is 2. The molecule has 2 N–H and O–H groups in total. The van der Waals surface area contributed by atoms with Crippen LogP contribution in [-0.4, -0.2) is 43.8 Å². The molecule has 3 unspecified atom stereocenters. The van der Waals surface area contributed by atoms with Crippen LogP contribution in [0.4, 0.5) is 0 Å². The van der Waals surface area contributed by atoms with Crippen molar-refractivity contribution in [3.63, 3.8) is 0 Å². The third-order valence-corrected chi connectivity index (χ3v) is 8.33. The highest BCUT2D eigenvalue weighted by Gasteiger charge is 2.50. The van der Waals surface area contributed by atoms with Gasteiger partial charge < -0.3 is 15.2 Å². The smallest absolute Gasteiger partial charge is 0.133 e. The summed E-state index contributed by atoms with van der Waals surface area (Å²) < 4.78 is 6.24. The molecule has 0 radical (unpaired) electrons. The van der Waals surface area contributed by atoms with Gasteiger partial charge in [-0.05, 0) is 60.8 Å². The second kappa shape index (κ2) is 11.2. The number of methoxy groups -OCH3 is 1. The van der Waals surface area contributed by atoms with Crippen LogP contribution in [0.5, 0.6) is 0 Å². The summed E-state index contributed by atoms with van der Waals surface area (Å²) in [4.78, 5) is 12.6. The molecule has 1 fully saturated rings. The van der Waals surface area contributed by atoms with Gasteiger partial charge in [0.25, 0.3) is 0 Å². The first kappa shape index (κ1) is 24.8. The summed E-state index contributed by atoms with van der Waals surface area (Å²) in [6.07, 6.45) is 7.89. The van der Waals surface area contributed by atoms with Crippen molar-refractivity contribution in [1.82, 2.24) is 5.32 Å². The lowest BCUT2D eigenvalue weighted by molar-refractivity contribution is -0.122. The zero-order valence-corrected chi connectivity index (χ0v) is 20.5. The standard InChI is InChI=1S/C24H40BrNO3/c1-6-19(28)13-24(7-2)17(4)23(26-14-18-9-8-10-18)16(3)22(20(24)15-27)21(25)11-12-29-5/h11,16-18,23,26-27H,6-10,12-15H2,1-5H3/b21-11+/t16?,17?,23?,24-/m1/s1. The zero-order valence-electron chi connectivity index (χ0n) is 18.9. The van der Waals surface area contributed by atoms with Crippen molar-refractivity contribution in [2.75, 3.05) is 26.9 Å². The molecule has 4 atom stereocenters. The molecule has 1 saturated carbocycles. The largest absolute Gasteiger partial charge is 0.392 e. The Hall–Kier alpha value is -0.490. The molecular formula is C24H40BrNO3. The Kier molecular flexibility index (Phi) is 9.59. The molecule has 0 bridgehead atoms. The summed E-state index contributed by atoms with van der Waals surface area (Å²) in [5, 5.41) is 14.4. The minimum atomic E-state index is -0.319. The van der Waals surface area contributed by atoms with Crippen molar-refractivity contribution in [2.24, 2.45) is 23.2 Å². The first-order valence-electron chi connectivity index (χ1n) is 11.3. The van der Waals surface area contributed by atoms with Gasteiger partial charge in [-0.25, -0.2) is 0 Å². The van der Waals surface area contributed by atoms with Crippen LogP contribution in [0.25, 0.3) is 0 Å². The normalized spacial score (nSPS) is 31.1. The van der Waals surface area contributed by atoms with Crippen LogP contribution in [0.3, 0.4) is 0 Å². The van der Waals surface area contributed by atoms with Crippen molar-refractivity contribution < 1.29 is 14.6 Å². The summed E-state index contributed by atoms with van der Waals surface area (Å²) >= 11 is 3.78. The lowest BCUT2D eigenvalue weighted by Gasteiger charge is -2.52. The van der Waals surface area contributed by atoms with E-state index in [2.05, 4.69) is 42.0 Å². The van der Waals surface area contributed by atoms with E-state index >= 15 is 0 Å². The monoisotopic (exact) mass is 469 g/mol. The number of ether oxygens (including phenoxy) is 1. The van der Waals surface area contributed by atoms with Crippen molar-refractivity contribution in [2.45, 2.75) is 72.3 Å². The highest BCUT2D eigenvalue weighted by atomic mass is 79.9. The predicted molar refractivity (Wildman–Crippen MR) is 123 cm³/mol. The molecule has 0 amide bonds. The van der Waals surface area contributed by atoms with Crippen molar-refractivity contribution in [3.8, 4) is 0 Å². The van der Waals surface area contributed by atoms with E-state index in [1.807, 2.05) is 13.0 Å². The summed E-state index contributed by atoms with van der Waals surface area (Å²) in [7, 11) is 1.68. The molecule has 5 heteroatoms. The molecule has 0 aromatic rings. The number of carbonyl (C=O) groups excluding carboxylic acids is 1. The predicted octanol–water partition coefficient (Wildman–Crippen LogP) is 5.01. The van der Waals surface area contributed by atoms with Crippen LogP contribution in [-0.2, 0) is 9.53 Å². The van der Waals surface area contributed by atoms with Gasteiger partial charge in [-0.2, -0.15) is 0 Å². The molecule has 0 saturated heterocycles. The second-order valence-corrected chi connectivity index (χ2v) is 9.80. The SMILES string of the molecule is CCC(=O)C[C@@]1(CC)C(CO)=C(/C(Br)=C\COC)C(C)C(NCC2CCC2)C1C. The Morgan fingerprint density at radius 1 is 1.34 bits per heavy atom. The molecule has 4 nitrogen and oxygen atoms in total. The maximum atomic E-state index is 12.6. The fraction of sp³-hybridized carbons (Fsp3) is 0.792. The second-order valence-electron chi connectivity index (χ2n) is 8.94. The van der Waals surface area contributed by atoms with Crippen LogP contribution in [0.2, 0.25) is 0 Å². The van der Waals surface area contributed by atoms with E-state index in [-0.39, 0.29) is 35.7 Å². The van der Waals surface area contributed by atoms with E-state index in [0.29, 0.717) is 19.4 Å². The topological polar surface area (TPSA) is 58.6 Å². The Labute approximate surface area is 185 Å². The van der Waals surface area contributed by atoms with Gasteiger partial charge in [-0.15, -0.1) is 0 Å². The Balaban J connectivity index is 2.53. The van der Waals surface area contributed by atoms with Crippen molar-refractivity contribution in [1.29, 1.82) is 0 Å². The molecule has 2 rings (SSSR count). The van der Waals surface area contributed by atoms with Gasteiger partial charge in [0.15, 0.2) is 0 Å². The number of aliphatic hydroxyl groups excluding tert-OH is 1. The number of nitrogens with one attached hydrogen (secondary N) is 1. The average Bonchev–Trinajstić information content (AvgIpc) is 2.68. The minimum absolute atomic E-state index is 0.0138. The number of Topliss-reactive ketones (excluding diaryl/α,β-unsaturated/α-hetero) is 1. The number of rotatable bonds is 11. The van der Waals surface area contributed by atoms with Crippen LogP contribution in [0.1, 0.15) is 66.2 Å². The number of halogens is 1. The average molecular weight is 470 g/mol. The van der Waals surface area contributed by atoms with E-state index in [4.69, 9.17) is 4.74 Å². The third-order valence-electron chi connectivity index (χ3n) is 7.58. The van der Waals surface area contributed by atoms with Gasteiger partial charge in [0.1, 0.15) is 5.78 Å². The molecule has 2 aliphatic carbocycles. The molecule has 166 valence electrons. The summed E-state index contributed by atoms with van der Waals surface area (Å²) in [5.41, 5.74) is 1.86. The fourth-order valence-electron chi connectivity index (χ4n) is 5.40. The fourth-order valence-corrected chi connectivity index (χ4v) is 6.14. The zero-order chi connectivity index (χ0) is 21.6.